The summed E-state index contributed by atoms with van der Waals surface area (Å²) in [5.41, 5.74) is 3.62. The van der Waals surface area contributed by atoms with Gasteiger partial charge in [0.2, 0.25) is 9.84 Å². The van der Waals surface area contributed by atoms with E-state index in [-0.39, 0.29) is 0 Å². The van der Waals surface area contributed by atoms with Gasteiger partial charge in [0, 0.05) is 12.7 Å². The van der Waals surface area contributed by atoms with E-state index in [0.29, 0.717) is 12.1 Å². The largest absolute Gasteiger partial charge is 0.416 e. The van der Waals surface area contributed by atoms with Gasteiger partial charge in [0.15, 0.2) is 5.69 Å². The number of alkyl halides is 6. The monoisotopic (exact) mass is 441 g/mol. The topological polar surface area (TPSA) is 102 Å². The fraction of sp³-hybridized carbons (Fsp3) is 0.250. The average molecular weight is 441 g/mol. The quantitative estimate of drug-likeness (QED) is 0.694. The van der Waals surface area contributed by atoms with E-state index in [1.54, 1.807) is 0 Å². The highest BCUT2D eigenvalue weighted by Crippen LogP contribution is 2.31. The maximum Gasteiger partial charge on any atom is 0.416 e. The number of hydrogen-bond acceptors (Lipinski definition) is 5. The molecule has 0 atom stereocenters. The van der Waals surface area contributed by atoms with E-state index in [9.17, 15) is 39.6 Å². The van der Waals surface area contributed by atoms with E-state index in [2.05, 4.69) is 4.98 Å². The standard InChI is InChI=1S/C16H13F6N3O3S/c17-15(18,19)5-6-24-14(26)13-12(23)7-11(8-25-13)29(27,28)10-3-1-9(2-4-10)16(20,21)22/h1-4,7-8H,5-6,23H2,(H,24,26). The first-order valence-electron chi connectivity index (χ1n) is 7.74. The summed E-state index contributed by atoms with van der Waals surface area (Å²) in [4.78, 5) is 14.4. The van der Waals surface area contributed by atoms with Gasteiger partial charge < -0.3 is 11.1 Å². The van der Waals surface area contributed by atoms with E-state index in [1.807, 2.05) is 5.32 Å². The van der Waals surface area contributed by atoms with Gasteiger partial charge in [0.05, 0.1) is 27.5 Å². The summed E-state index contributed by atoms with van der Waals surface area (Å²) in [6, 6.07) is 3.54. The Kier molecular flexibility index (Phi) is 6.11. The van der Waals surface area contributed by atoms with Crippen LogP contribution >= 0.6 is 0 Å². The molecule has 1 heterocycles. The van der Waals surface area contributed by atoms with Gasteiger partial charge in [-0.15, -0.1) is 0 Å². The Morgan fingerprint density at radius 1 is 1.03 bits per heavy atom. The molecule has 1 amide bonds. The fourth-order valence-electron chi connectivity index (χ4n) is 2.16. The van der Waals surface area contributed by atoms with Gasteiger partial charge in [0.1, 0.15) is 0 Å². The van der Waals surface area contributed by atoms with Gasteiger partial charge >= 0.3 is 12.4 Å². The maximum absolute atomic E-state index is 12.6. The third-order valence-corrected chi connectivity index (χ3v) is 5.34. The molecule has 6 nitrogen and oxygen atoms in total. The second-order valence-electron chi connectivity index (χ2n) is 5.76. The Balaban J connectivity index is 2.23. The number of aromatic nitrogens is 1. The third kappa shape index (κ3) is 5.59. The number of nitrogens with zero attached hydrogens (tertiary/aromatic N) is 1. The molecule has 1 aromatic heterocycles. The molecule has 0 saturated carbocycles. The summed E-state index contributed by atoms with van der Waals surface area (Å²) in [5, 5.41) is 1.95. The first-order valence-corrected chi connectivity index (χ1v) is 9.23. The highest BCUT2D eigenvalue weighted by molar-refractivity contribution is 7.91. The zero-order valence-electron chi connectivity index (χ0n) is 14.3. The molecule has 1 aromatic carbocycles. The van der Waals surface area contributed by atoms with Crippen molar-refractivity contribution in [3.8, 4) is 0 Å². The Hall–Kier alpha value is -2.83. The molecule has 2 rings (SSSR count). The number of nitrogens with one attached hydrogen (secondary N) is 1. The van der Waals surface area contributed by atoms with Crippen molar-refractivity contribution in [2.45, 2.75) is 28.6 Å². The van der Waals surface area contributed by atoms with Crippen molar-refractivity contribution >= 4 is 21.4 Å². The van der Waals surface area contributed by atoms with Crippen molar-refractivity contribution in [1.82, 2.24) is 10.3 Å². The van der Waals surface area contributed by atoms with Crippen LogP contribution in [-0.4, -0.2) is 32.0 Å². The predicted molar refractivity (Wildman–Crippen MR) is 88.6 cm³/mol. The molecule has 29 heavy (non-hydrogen) atoms. The summed E-state index contributed by atoms with van der Waals surface area (Å²) in [5.74, 6) is -1.04. The average Bonchev–Trinajstić information content (AvgIpc) is 2.59. The van der Waals surface area contributed by atoms with Crippen LogP contribution in [0.15, 0.2) is 46.3 Å². The molecule has 0 saturated heterocycles. The van der Waals surface area contributed by atoms with Crippen LogP contribution in [0.5, 0.6) is 0 Å². The molecule has 0 radical (unpaired) electrons. The maximum atomic E-state index is 12.6. The number of benzene rings is 1. The Bertz CT molecular complexity index is 1000. The normalized spacial score (nSPS) is 12.6. The molecule has 0 bridgehead atoms. The van der Waals surface area contributed by atoms with Crippen LogP contribution < -0.4 is 11.1 Å². The van der Waals surface area contributed by atoms with Gasteiger partial charge in [-0.2, -0.15) is 26.3 Å². The van der Waals surface area contributed by atoms with Crippen molar-refractivity contribution in [1.29, 1.82) is 0 Å². The minimum atomic E-state index is -4.64. The number of sulfone groups is 1. The molecule has 0 aliphatic carbocycles. The van der Waals surface area contributed by atoms with Crippen molar-refractivity contribution in [3.05, 3.63) is 47.8 Å². The van der Waals surface area contributed by atoms with Gasteiger partial charge in [-0.25, -0.2) is 13.4 Å². The van der Waals surface area contributed by atoms with E-state index in [4.69, 9.17) is 5.73 Å². The molecule has 0 spiro atoms. The number of pyridine rings is 1. The lowest BCUT2D eigenvalue weighted by Gasteiger charge is -2.11. The summed E-state index contributed by atoms with van der Waals surface area (Å²) in [6.45, 7) is -0.727. The number of nitrogen functional groups attached to an aromatic ring is 1. The van der Waals surface area contributed by atoms with E-state index in [1.165, 1.54) is 0 Å². The summed E-state index contributed by atoms with van der Waals surface area (Å²) in [6.07, 6.45) is -9.66. The Morgan fingerprint density at radius 3 is 2.10 bits per heavy atom. The van der Waals surface area contributed by atoms with E-state index < -0.39 is 67.8 Å². The predicted octanol–water partition coefficient (Wildman–Crippen LogP) is 3.20. The smallest absolute Gasteiger partial charge is 0.397 e. The Labute approximate surface area is 160 Å². The molecule has 2 aromatic rings. The minimum Gasteiger partial charge on any atom is -0.397 e. The van der Waals surface area contributed by atoms with Crippen LogP contribution in [0, 0.1) is 0 Å². The lowest BCUT2D eigenvalue weighted by Crippen LogP contribution is -2.29. The van der Waals surface area contributed by atoms with Crippen LogP contribution in [0.4, 0.5) is 32.0 Å². The van der Waals surface area contributed by atoms with Crippen LogP contribution in [0.1, 0.15) is 22.5 Å². The number of carbonyl (C=O) groups excluding carboxylic acids is 1. The molecule has 3 N–H and O–H groups in total. The number of anilines is 1. The van der Waals surface area contributed by atoms with Crippen LogP contribution in [0.25, 0.3) is 0 Å². The molecule has 0 aliphatic heterocycles. The summed E-state index contributed by atoms with van der Waals surface area (Å²) in [7, 11) is -4.29. The van der Waals surface area contributed by atoms with E-state index >= 15 is 0 Å². The third-order valence-electron chi connectivity index (χ3n) is 3.60. The lowest BCUT2D eigenvalue weighted by molar-refractivity contribution is -0.137. The number of amides is 1. The second kappa shape index (κ2) is 7.89. The van der Waals surface area contributed by atoms with Gasteiger partial charge in [-0.05, 0) is 30.3 Å². The number of hydrogen-bond donors (Lipinski definition) is 2. The first kappa shape index (κ1) is 22.5. The summed E-state index contributed by atoms with van der Waals surface area (Å²) >= 11 is 0. The van der Waals surface area contributed by atoms with Crippen molar-refractivity contribution in [2.75, 3.05) is 12.3 Å². The number of rotatable bonds is 5. The zero-order chi connectivity index (χ0) is 22.0. The number of nitrogens with two attached hydrogens (primary N) is 1. The van der Waals surface area contributed by atoms with E-state index in [0.717, 1.165) is 24.4 Å². The van der Waals surface area contributed by atoms with Gasteiger partial charge in [-0.3, -0.25) is 4.79 Å². The molecule has 13 heteroatoms. The fourth-order valence-corrected chi connectivity index (χ4v) is 3.40. The number of carbonyl (C=O) groups is 1. The van der Waals surface area contributed by atoms with Crippen molar-refractivity contribution < 1.29 is 39.6 Å². The number of halogens is 6. The second-order valence-corrected chi connectivity index (χ2v) is 7.71. The van der Waals surface area contributed by atoms with Gasteiger partial charge in [-0.1, -0.05) is 0 Å². The Morgan fingerprint density at radius 2 is 1.62 bits per heavy atom. The summed E-state index contributed by atoms with van der Waals surface area (Å²) < 4.78 is 99.1. The van der Waals surface area contributed by atoms with Crippen molar-refractivity contribution in [2.24, 2.45) is 0 Å². The minimum absolute atomic E-state index is 0.428. The first-order chi connectivity index (χ1) is 13.2. The lowest BCUT2D eigenvalue weighted by atomic mass is 10.2. The van der Waals surface area contributed by atoms with Crippen LogP contribution in [-0.2, 0) is 16.0 Å². The molecule has 0 aliphatic rings. The molecule has 158 valence electrons. The molecule has 0 fully saturated rings. The molecular formula is C16H13F6N3O3S. The zero-order valence-corrected chi connectivity index (χ0v) is 15.1. The highest BCUT2D eigenvalue weighted by Gasteiger charge is 2.31. The van der Waals surface area contributed by atoms with Crippen LogP contribution in [0.3, 0.4) is 0 Å². The molecular weight excluding hydrogens is 428 g/mol. The molecule has 0 unspecified atom stereocenters. The van der Waals surface area contributed by atoms with Crippen LogP contribution in [0.2, 0.25) is 0 Å². The SMILES string of the molecule is Nc1cc(S(=O)(=O)c2ccc(C(F)(F)F)cc2)cnc1C(=O)NCCC(F)(F)F. The highest BCUT2D eigenvalue weighted by atomic mass is 32.2. The van der Waals surface area contributed by atoms with Crippen molar-refractivity contribution in [3.63, 3.8) is 0 Å². The van der Waals surface area contributed by atoms with Gasteiger partial charge in [0.25, 0.3) is 5.91 Å².